The van der Waals surface area contributed by atoms with Gasteiger partial charge in [0.05, 0.1) is 0 Å². The van der Waals surface area contributed by atoms with Gasteiger partial charge in [-0.15, -0.1) is 0 Å². The molecule has 1 N–H and O–H groups in total. The molecule has 0 atom stereocenters. The summed E-state index contributed by atoms with van der Waals surface area (Å²) in [5.74, 6) is 0.868. The van der Waals surface area contributed by atoms with E-state index in [0.29, 0.717) is 5.41 Å². The average molecular weight is 303 g/mol. The third-order valence-electron chi connectivity index (χ3n) is 5.07. The van der Waals surface area contributed by atoms with Gasteiger partial charge in [0.2, 0.25) is 0 Å². The minimum atomic E-state index is -0.0842. The molecule has 2 fully saturated rings. The summed E-state index contributed by atoms with van der Waals surface area (Å²) in [5.41, 5.74) is 1.15. The lowest BCUT2D eigenvalue weighted by Crippen LogP contribution is -2.43. The van der Waals surface area contributed by atoms with Crippen LogP contribution in [0.4, 0.5) is 4.39 Å². The fourth-order valence-electron chi connectivity index (χ4n) is 3.46. The summed E-state index contributed by atoms with van der Waals surface area (Å²) in [6.45, 7) is 7.42. The number of hydrogen-bond donors (Lipinski definition) is 1. The van der Waals surface area contributed by atoms with Crippen molar-refractivity contribution in [1.29, 1.82) is 0 Å². The summed E-state index contributed by atoms with van der Waals surface area (Å²) in [7, 11) is 1.83. The second-order valence-electron chi connectivity index (χ2n) is 7.50. The maximum Gasteiger partial charge on any atom is 0.193 e. The summed E-state index contributed by atoms with van der Waals surface area (Å²) >= 11 is 0. The van der Waals surface area contributed by atoms with E-state index in [2.05, 4.69) is 29.1 Å². The van der Waals surface area contributed by atoms with Crippen molar-refractivity contribution in [2.45, 2.75) is 38.5 Å². The number of hydrogen-bond acceptors (Lipinski definition) is 1. The number of aliphatic imine (C=N–C) groups is 1. The van der Waals surface area contributed by atoms with Crippen molar-refractivity contribution >= 4 is 5.96 Å². The van der Waals surface area contributed by atoms with Crippen LogP contribution in [0.3, 0.4) is 0 Å². The number of guanidine groups is 1. The third-order valence-corrected chi connectivity index (χ3v) is 5.07. The monoisotopic (exact) mass is 303 g/mol. The smallest absolute Gasteiger partial charge is 0.193 e. The van der Waals surface area contributed by atoms with E-state index in [1.54, 1.807) is 12.1 Å². The highest BCUT2D eigenvalue weighted by Gasteiger charge is 2.46. The van der Waals surface area contributed by atoms with Gasteiger partial charge < -0.3 is 10.2 Å². The first kappa shape index (κ1) is 15.3. The number of halogens is 1. The molecule has 1 saturated heterocycles. The molecule has 2 aliphatic rings. The second-order valence-corrected chi connectivity index (χ2v) is 7.50. The van der Waals surface area contributed by atoms with Crippen molar-refractivity contribution in [3.05, 3.63) is 35.6 Å². The summed E-state index contributed by atoms with van der Waals surface area (Å²) in [4.78, 5) is 6.74. The van der Waals surface area contributed by atoms with Crippen molar-refractivity contribution in [2.75, 3.05) is 26.7 Å². The molecule has 0 spiro atoms. The average Bonchev–Trinajstić information content (AvgIpc) is 3.18. The van der Waals surface area contributed by atoms with Gasteiger partial charge in [0.1, 0.15) is 5.82 Å². The van der Waals surface area contributed by atoms with E-state index in [1.165, 1.54) is 6.42 Å². The Morgan fingerprint density at radius 2 is 2.00 bits per heavy atom. The predicted octanol–water partition coefficient (Wildman–Crippen LogP) is 3.16. The zero-order valence-electron chi connectivity index (χ0n) is 13.8. The van der Waals surface area contributed by atoms with Gasteiger partial charge in [0, 0.05) is 32.1 Å². The lowest BCUT2D eigenvalue weighted by atomic mass is 9.93. The maximum absolute atomic E-state index is 14.1. The molecule has 0 amide bonds. The SMILES string of the molecule is CN=C(NCC1(c2ccccc2F)CC1)N1CCC(C)(C)C1. The second kappa shape index (κ2) is 5.56. The van der Waals surface area contributed by atoms with Crippen LogP contribution in [0.15, 0.2) is 29.3 Å². The zero-order valence-corrected chi connectivity index (χ0v) is 13.8. The molecule has 1 aromatic rings. The van der Waals surface area contributed by atoms with Crippen LogP contribution >= 0.6 is 0 Å². The molecular formula is C18H26FN3. The van der Waals surface area contributed by atoms with Gasteiger partial charge >= 0.3 is 0 Å². The van der Waals surface area contributed by atoms with Gasteiger partial charge in [-0.25, -0.2) is 4.39 Å². The Bertz CT molecular complexity index is 575. The molecule has 0 radical (unpaired) electrons. The van der Waals surface area contributed by atoms with Crippen LogP contribution in [0.25, 0.3) is 0 Å². The molecule has 1 saturated carbocycles. The third kappa shape index (κ3) is 2.96. The Kier molecular flexibility index (Phi) is 3.87. The molecule has 1 heterocycles. The van der Waals surface area contributed by atoms with Gasteiger partial charge in [0.25, 0.3) is 0 Å². The first-order valence-corrected chi connectivity index (χ1v) is 8.16. The molecule has 3 nitrogen and oxygen atoms in total. The van der Waals surface area contributed by atoms with E-state index in [4.69, 9.17) is 0 Å². The van der Waals surface area contributed by atoms with Crippen molar-refractivity contribution in [3.63, 3.8) is 0 Å². The molecule has 1 aromatic carbocycles. The van der Waals surface area contributed by atoms with Gasteiger partial charge in [-0.05, 0) is 36.3 Å². The predicted molar refractivity (Wildman–Crippen MR) is 88.6 cm³/mol. The van der Waals surface area contributed by atoms with Crippen LogP contribution in [-0.4, -0.2) is 37.5 Å². The van der Waals surface area contributed by atoms with Crippen molar-refractivity contribution in [1.82, 2.24) is 10.2 Å². The van der Waals surface area contributed by atoms with Crippen LogP contribution in [0.1, 0.15) is 38.7 Å². The standard InChI is InChI=1S/C18H26FN3/c1-17(2)10-11-22(13-17)16(20-3)21-12-18(8-9-18)14-6-4-5-7-15(14)19/h4-7H,8-13H2,1-3H3,(H,20,21). The molecule has 120 valence electrons. The lowest BCUT2D eigenvalue weighted by Gasteiger charge is -2.26. The maximum atomic E-state index is 14.1. The molecule has 3 rings (SSSR count). The van der Waals surface area contributed by atoms with E-state index in [-0.39, 0.29) is 11.2 Å². The highest BCUT2D eigenvalue weighted by Crippen LogP contribution is 2.48. The number of likely N-dealkylation sites (tertiary alicyclic amines) is 1. The van der Waals surface area contributed by atoms with E-state index in [0.717, 1.165) is 44.0 Å². The molecular weight excluding hydrogens is 277 g/mol. The quantitative estimate of drug-likeness (QED) is 0.686. The number of benzene rings is 1. The van der Waals surface area contributed by atoms with Gasteiger partial charge in [-0.2, -0.15) is 0 Å². The van der Waals surface area contributed by atoms with Crippen LogP contribution in [0.2, 0.25) is 0 Å². The number of nitrogens with zero attached hydrogens (tertiary/aromatic N) is 2. The first-order chi connectivity index (χ1) is 10.5. The van der Waals surface area contributed by atoms with E-state index in [1.807, 2.05) is 19.2 Å². The molecule has 0 aromatic heterocycles. The molecule has 0 bridgehead atoms. The highest BCUT2D eigenvalue weighted by atomic mass is 19.1. The van der Waals surface area contributed by atoms with Gasteiger partial charge in [0.15, 0.2) is 5.96 Å². The van der Waals surface area contributed by atoms with Gasteiger partial charge in [-0.1, -0.05) is 32.0 Å². The van der Waals surface area contributed by atoms with Crippen molar-refractivity contribution < 1.29 is 4.39 Å². The number of rotatable bonds is 3. The largest absolute Gasteiger partial charge is 0.355 e. The lowest BCUT2D eigenvalue weighted by molar-refractivity contribution is 0.369. The summed E-state index contributed by atoms with van der Waals surface area (Å²) < 4.78 is 14.1. The Morgan fingerprint density at radius 3 is 2.55 bits per heavy atom. The number of nitrogens with one attached hydrogen (secondary N) is 1. The van der Waals surface area contributed by atoms with Gasteiger partial charge in [-0.3, -0.25) is 4.99 Å². The Hall–Kier alpha value is -1.58. The fraction of sp³-hybridized carbons (Fsp3) is 0.611. The zero-order chi connectivity index (χ0) is 15.8. The normalized spacial score (nSPS) is 22.7. The minimum Gasteiger partial charge on any atom is -0.355 e. The molecule has 22 heavy (non-hydrogen) atoms. The van der Waals surface area contributed by atoms with Crippen molar-refractivity contribution in [2.24, 2.45) is 10.4 Å². The van der Waals surface area contributed by atoms with E-state index < -0.39 is 0 Å². The van der Waals surface area contributed by atoms with E-state index >= 15 is 0 Å². The summed E-state index contributed by atoms with van der Waals surface area (Å²) in [6, 6.07) is 7.17. The topological polar surface area (TPSA) is 27.6 Å². The Labute approximate surface area is 132 Å². The first-order valence-electron chi connectivity index (χ1n) is 8.16. The fourth-order valence-corrected chi connectivity index (χ4v) is 3.46. The van der Waals surface area contributed by atoms with Crippen LogP contribution in [0.5, 0.6) is 0 Å². The summed E-state index contributed by atoms with van der Waals surface area (Å²) in [5, 5.41) is 3.49. The Balaban J connectivity index is 1.66. The molecule has 1 aliphatic carbocycles. The van der Waals surface area contributed by atoms with Crippen molar-refractivity contribution in [3.8, 4) is 0 Å². The van der Waals surface area contributed by atoms with Crippen LogP contribution < -0.4 is 5.32 Å². The Morgan fingerprint density at radius 1 is 1.27 bits per heavy atom. The minimum absolute atomic E-state index is 0.0451. The molecule has 1 aliphatic heterocycles. The molecule has 0 unspecified atom stereocenters. The van der Waals surface area contributed by atoms with E-state index in [9.17, 15) is 4.39 Å². The van der Waals surface area contributed by atoms with Crippen LogP contribution in [-0.2, 0) is 5.41 Å². The molecule has 4 heteroatoms. The highest BCUT2D eigenvalue weighted by molar-refractivity contribution is 5.80. The van der Waals surface area contributed by atoms with Crippen LogP contribution in [0, 0.1) is 11.2 Å². The summed E-state index contributed by atoms with van der Waals surface area (Å²) in [6.07, 6.45) is 3.28.